The third-order valence-corrected chi connectivity index (χ3v) is 3.01. The summed E-state index contributed by atoms with van der Waals surface area (Å²) in [6.07, 6.45) is 3.63. The van der Waals surface area contributed by atoms with Crippen LogP contribution < -0.4 is 5.32 Å². The van der Waals surface area contributed by atoms with E-state index in [1.807, 2.05) is 0 Å². The molecular weight excluding hydrogens is 222 g/mol. The number of carboxylic acids is 1. The Hall–Kier alpha value is -1.33. The van der Waals surface area contributed by atoms with Crippen molar-refractivity contribution in [1.82, 2.24) is 5.32 Å². The topological polar surface area (TPSA) is 71.7 Å². The molecule has 0 aromatic carbocycles. The smallest absolute Gasteiger partial charge is 0.372 e. The maximum atomic E-state index is 10.8. The Bertz CT molecular complexity index is 368. The van der Waals surface area contributed by atoms with Crippen molar-refractivity contribution in [2.24, 2.45) is 5.92 Å². The lowest BCUT2D eigenvalue weighted by Crippen LogP contribution is -2.29. The van der Waals surface area contributed by atoms with Crippen LogP contribution in [0.25, 0.3) is 0 Å². The van der Waals surface area contributed by atoms with Crippen LogP contribution in [0.1, 0.15) is 29.0 Å². The molecule has 2 heterocycles. The van der Waals surface area contributed by atoms with E-state index in [1.54, 1.807) is 6.07 Å². The van der Waals surface area contributed by atoms with Crippen LogP contribution in [0.2, 0.25) is 0 Å². The number of piperidine rings is 1. The van der Waals surface area contributed by atoms with E-state index >= 15 is 0 Å². The molecule has 1 fully saturated rings. The van der Waals surface area contributed by atoms with Crippen molar-refractivity contribution >= 4 is 5.97 Å². The predicted octanol–water partition coefficient (Wildman–Crippen LogP) is 1.49. The van der Waals surface area contributed by atoms with Crippen LogP contribution in [0.15, 0.2) is 16.7 Å². The van der Waals surface area contributed by atoms with Gasteiger partial charge in [-0.3, -0.25) is 0 Å². The van der Waals surface area contributed by atoms with Gasteiger partial charge in [0.05, 0.1) is 12.9 Å². The van der Waals surface area contributed by atoms with Crippen LogP contribution in [-0.4, -0.2) is 30.8 Å². The molecule has 2 N–H and O–H groups in total. The van der Waals surface area contributed by atoms with E-state index in [4.69, 9.17) is 14.3 Å². The number of hydrogen-bond acceptors (Lipinski definition) is 4. The molecule has 0 saturated carbocycles. The fourth-order valence-electron chi connectivity index (χ4n) is 2.02. The van der Waals surface area contributed by atoms with E-state index in [-0.39, 0.29) is 5.76 Å². The maximum absolute atomic E-state index is 10.8. The average Bonchev–Trinajstić information content (AvgIpc) is 2.79. The van der Waals surface area contributed by atoms with Crippen molar-refractivity contribution in [2.45, 2.75) is 19.4 Å². The van der Waals surface area contributed by atoms with Gasteiger partial charge < -0.3 is 19.6 Å². The fourth-order valence-corrected chi connectivity index (χ4v) is 2.02. The van der Waals surface area contributed by atoms with Crippen LogP contribution in [0.5, 0.6) is 0 Å². The van der Waals surface area contributed by atoms with Crippen molar-refractivity contribution in [1.29, 1.82) is 0 Å². The summed E-state index contributed by atoms with van der Waals surface area (Å²) in [5.74, 6) is -0.484. The van der Waals surface area contributed by atoms with Gasteiger partial charge in [0, 0.05) is 12.2 Å². The fraction of sp³-hybridized carbons (Fsp3) is 0.583. The van der Waals surface area contributed by atoms with Gasteiger partial charge in [-0.1, -0.05) is 0 Å². The minimum absolute atomic E-state index is 0.0182. The first-order valence-electron chi connectivity index (χ1n) is 5.85. The summed E-state index contributed by atoms with van der Waals surface area (Å²) in [5.41, 5.74) is 0.603. The van der Waals surface area contributed by atoms with Crippen LogP contribution in [0.4, 0.5) is 0 Å². The van der Waals surface area contributed by atoms with E-state index in [1.165, 1.54) is 6.26 Å². The summed E-state index contributed by atoms with van der Waals surface area (Å²) in [4.78, 5) is 10.8. The molecule has 0 aliphatic carbocycles. The van der Waals surface area contributed by atoms with E-state index < -0.39 is 5.97 Å². The molecule has 5 nitrogen and oxygen atoms in total. The largest absolute Gasteiger partial charge is 0.475 e. The zero-order chi connectivity index (χ0) is 12.1. The van der Waals surface area contributed by atoms with Crippen molar-refractivity contribution in [3.8, 4) is 0 Å². The number of aromatic carboxylic acids is 1. The highest BCUT2D eigenvalue weighted by atomic mass is 16.5. The van der Waals surface area contributed by atoms with Crippen LogP contribution >= 0.6 is 0 Å². The van der Waals surface area contributed by atoms with Crippen LogP contribution in [-0.2, 0) is 11.3 Å². The molecule has 0 radical (unpaired) electrons. The first kappa shape index (κ1) is 12.1. The number of hydrogen-bond donors (Lipinski definition) is 2. The number of nitrogens with one attached hydrogen (secondary N) is 1. The molecule has 0 bridgehead atoms. The zero-order valence-corrected chi connectivity index (χ0v) is 9.65. The van der Waals surface area contributed by atoms with E-state index in [9.17, 15) is 4.79 Å². The van der Waals surface area contributed by atoms with Gasteiger partial charge in [0.2, 0.25) is 5.76 Å². The Morgan fingerprint density at radius 1 is 1.53 bits per heavy atom. The third-order valence-electron chi connectivity index (χ3n) is 3.01. The second kappa shape index (κ2) is 5.84. The minimum atomic E-state index is -1.05. The van der Waals surface area contributed by atoms with E-state index in [0.29, 0.717) is 24.7 Å². The first-order valence-corrected chi connectivity index (χ1v) is 5.85. The Morgan fingerprint density at radius 3 is 3.00 bits per heavy atom. The Labute approximate surface area is 99.8 Å². The molecule has 17 heavy (non-hydrogen) atoms. The van der Waals surface area contributed by atoms with Gasteiger partial charge in [0.15, 0.2) is 0 Å². The lowest BCUT2D eigenvalue weighted by molar-refractivity contribution is 0.0624. The summed E-state index contributed by atoms with van der Waals surface area (Å²) in [7, 11) is 0. The van der Waals surface area contributed by atoms with Crippen LogP contribution in [0, 0.1) is 5.92 Å². The van der Waals surface area contributed by atoms with Gasteiger partial charge in [-0.25, -0.2) is 4.79 Å². The standard InChI is InChI=1S/C12H17NO4/c14-12(15)11-10(3-6-17-11)8-16-7-9-1-4-13-5-2-9/h3,6,9,13H,1-2,4-5,7-8H2,(H,14,15). The van der Waals surface area contributed by atoms with Crippen molar-refractivity contribution in [3.63, 3.8) is 0 Å². The molecule has 0 atom stereocenters. The number of carbonyl (C=O) groups is 1. The first-order chi connectivity index (χ1) is 8.27. The highest BCUT2D eigenvalue weighted by Crippen LogP contribution is 2.15. The Kier molecular flexibility index (Phi) is 4.17. The number of ether oxygens (including phenoxy) is 1. The van der Waals surface area contributed by atoms with E-state index in [2.05, 4.69) is 5.32 Å². The Morgan fingerprint density at radius 2 is 2.29 bits per heavy atom. The highest BCUT2D eigenvalue weighted by molar-refractivity contribution is 5.85. The summed E-state index contributed by atoms with van der Waals surface area (Å²) in [6, 6.07) is 1.64. The summed E-state index contributed by atoms with van der Waals surface area (Å²) < 4.78 is 10.4. The summed E-state index contributed by atoms with van der Waals surface area (Å²) in [6.45, 7) is 3.08. The quantitative estimate of drug-likeness (QED) is 0.814. The number of rotatable bonds is 5. The zero-order valence-electron chi connectivity index (χ0n) is 9.65. The summed E-state index contributed by atoms with van der Waals surface area (Å²) >= 11 is 0. The van der Waals surface area contributed by atoms with Crippen molar-refractivity contribution in [2.75, 3.05) is 19.7 Å². The van der Waals surface area contributed by atoms with Gasteiger partial charge in [0.1, 0.15) is 0 Å². The second-order valence-corrected chi connectivity index (χ2v) is 4.29. The second-order valence-electron chi connectivity index (χ2n) is 4.29. The monoisotopic (exact) mass is 239 g/mol. The number of furan rings is 1. The number of carboxylic acid groups (broad SMARTS) is 1. The van der Waals surface area contributed by atoms with Crippen LogP contribution in [0.3, 0.4) is 0 Å². The molecule has 1 aliphatic rings. The molecule has 1 aliphatic heterocycles. The highest BCUT2D eigenvalue weighted by Gasteiger charge is 2.16. The Balaban J connectivity index is 1.77. The van der Waals surface area contributed by atoms with Crippen molar-refractivity contribution < 1.29 is 19.1 Å². The van der Waals surface area contributed by atoms with Gasteiger partial charge >= 0.3 is 5.97 Å². The molecule has 0 amide bonds. The predicted molar refractivity (Wildman–Crippen MR) is 60.9 cm³/mol. The molecule has 0 spiro atoms. The summed E-state index contributed by atoms with van der Waals surface area (Å²) in [5, 5.41) is 12.1. The molecule has 1 aromatic rings. The van der Waals surface area contributed by atoms with Gasteiger partial charge in [-0.2, -0.15) is 0 Å². The van der Waals surface area contributed by atoms with E-state index in [0.717, 1.165) is 25.9 Å². The molecule has 1 aromatic heterocycles. The molecular formula is C12H17NO4. The molecule has 1 saturated heterocycles. The minimum Gasteiger partial charge on any atom is -0.475 e. The third kappa shape index (κ3) is 3.31. The average molecular weight is 239 g/mol. The maximum Gasteiger partial charge on any atom is 0.372 e. The van der Waals surface area contributed by atoms with Gasteiger partial charge in [-0.05, 0) is 37.9 Å². The lowest BCUT2D eigenvalue weighted by atomic mass is 9.99. The SMILES string of the molecule is O=C(O)c1occc1COCC1CCNCC1. The van der Waals surface area contributed by atoms with Gasteiger partial charge in [0.25, 0.3) is 0 Å². The molecule has 5 heteroatoms. The van der Waals surface area contributed by atoms with Gasteiger partial charge in [-0.15, -0.1) is 0 Å². The normalized spacial score (nSPS) is 17.2. The molecule has 2 rings (SSSR count). The molecule has 0 unspecified atom stereocenters. The molecule has 94 valence electrons. The van der Waals surface area contributed by atoms with Crippen molar-refractivity contribution in [3.05, 3.63) is 23.7 Å². The lowest BCUT2D eigenvalue weighted by Gasteiger charge is -2.22.